The molecule has 3 aromatic rings. The molecule has 2 aliphatic heterocycles. The third kappa shape index (κ3) is 5.89. The predicted molar refractivity (Wildman–Crippen MR) is 166 cm³/mol. The van der Waals surface area contributed by atoms with Gasteiger partial charge in [-0.1, -0.05) is 105 Å². The van der Waals surface area contributed by atoms with Crippen LogP contribution in [0.15, 0.2) is 91.0 Å². The molecule has 226 valence electrons. The normalized spacial score (nSPS) is 19.4. The van der Waals surface area contributed by atoms with Crippen molar-refractivity contribution in [2.45, 2.75) is 37.9 Å². The number of carbonyl (C=O) groups excluding carboxylic acids is 3. The molecule has 3 amide bonds. The highest BCUT2D eigenvalue weighted by Gasteiger charge is 2.56. The second-order valence-electron chi connectivity index (χ2n) is 11.7. The van der Waals surface area contributed by atoms with Crippen LogP contribution in [0.2, 0.25) is 0 Å². The Bertz CT molecular complexity index is 1300. The van der Waals surface area contributed by atoms with Crippen LogP contribution >= 0.6 is 0 Å². The molecule has 43 heavy (non-hydrogen) atoms. The van der Waals surface area contributed by atoms with Crippen molar-refractivity contribution in [3.8, 4) is 0 Å². The van der Waals surface area contributed by atoms with Crippen molar-refractivity contribution in [2.24, 2.45) is 5.92 Å². The van der Waals surface area contributed by atoms with Gasteiger partial charge in [-0.15, -0.1) is 0 Å². The zero-order valence-electron chi connectivity index (χ0n) is 25.6. The quantitative estimate of drug-likeness (QED) is 0.223. The van der Waals surface area contributed by atoms with Gasteiger partial charge in [-0.05, 0) is 29.0 Å². The van der Waals surface area contributed by atoms with Gasteiger partial charge in [-0.3, -0.25) is 9.69 Å². The lowest BCUT2D eigenvalue weighted by Gasteiger charge is -2.38. The van der Waals surface area contributed by atoms with Crippen LogP contribution < -0.4 is 0 Å². The lowest BCUT2D eigenvalue weighted by molar-refractivity contribution is -0.147. The highest BCUT2D eigenvalue weighted by Crippen LogP contribution is 2.48. The van der Waals surface area contributed by atoms with Gasteiger partial charge < -0.3 is 19.4 Å². The molecule has 0 radical (unpaired) electrons. The van der Waals surface area contributed by atoms with E-state index in [-0.39, 0.29) is 23.9 Å². The van der Waals surface area contributed by atoms with Crippen molar-refractivity contribution in [3.05, 3.63) is 108 Å². The average molecular weight is 583 g/mol. The van der Waals surface area contributed by atoms with Crippen LogP contribution in [0.1, 0.15) is 37.0 Å². The van der Waals surface area contributed by atoms with E-state index < -0.39 is 17.6 Å². The molecule has 8 nitrogen and oxygen atoms in total. The summed E-state index contributed by atoms with van der Waals surface area (Å²) >= 11 is 0. The lowest BCUT2D eigenvalue weighted by atomic mass is 9.76. The van der Waals surface area contributed by atoms with Gasteiger partial charge in [-0.2, -0.15) is 0 Å². The molecule has 0 saturated carbocycles. The van der Waals surface area contributed by atoms with E-state index in [0.717, 1.165) is 16.7 Å². The Morgan fingerprint density at radius 2 is 1.23 bits per heavy atom. The van der Waals surface area contributed by atoms with Crippen LogP contribution in [0.5, 0.6) is 0 Å². The van der Waals surface area contributed by atoms with Gasteiger partial charge in [0.1, 0.15) is 12.1 Å². The van der Waals surface area contributed by atoms with Crippen LogP contribution in [0.25, 0.3) is 0 Å². The number of hydrogen-bond acceptors (Lipinski definition) is 5. The first-order valence-corrected chi connectivity index (χ1v) is 15.1. The number of ether oxygens (including phenoxy) is 1. The van der Waals surface area contributed by atoms with Crippen molar-refractivity contribution in [1.82, 2.24) is 19.6 Å². The Kier molecular flexibility index (Phi) is 9.16. The van der Waals surface area contributed by atoms with Crippen LogP contribution in [-0.2, 0) is 19.9 Å². The molecular formula is C35H42N4O4. The SMILES string of the molecule is COC(=O)C(C(C)C)N(C)C(=O)N1CCCN(C(=O)C2CN2C(c2ccccc2)(c2ccccc2)c2ccccc2)CC1. The van der Waals surface area contributed by atoms with Gasteiger partial charge in [0, 0.05) is 39.8 Å². The summed E-state index contributed by atoms with van der Waals surface area (Å²) in [6.45, 7) is 6.39. The van der Waals surface area contributed by atoms with Crippen LogP contribution in [-0.4, -0.2) is 96.5 Å². The topological polar surface area (TPSA) is 73.2 Å². The van der Waals surface area contributed by atoms with E-state index >= 15 is 0 Å². The summed E-state index contributed by atoms with van der Waals surface area (Å²) in [5.41, 5.74) is 2.72. The molecule has 0 spiro atoms. The number of likely N-dealkylation sites (N-methyl/N-ethyl adjacent to an activating group) is 1. The number of rotatable bonds is 8. The number of nitrogens with zero attached hydrogens (tertiary/aromatic N) is 4. The largest absolute Gasteiger partial charge is 0.467 e. The third-order valence-corrected chi connectivity index (χ3v) is 8.77. The van der Waals surface area contributed by atoms with Gasteiger partial charge in [0.05, 0.1) is 12.6 Å². The molecule has 8 heteroatoms. The molecular weight excluding hydrogens is 540 g/mol. The number of hydrogen-bond donors (Lipinski definition) is 0. The molecule has 2 heterocycles. The summed E-state index contributed by atoms with van der Waals surface area (Å²) in [4.78, 5) is 47.4. The Labute approximate surface area is 254 Å². The number of methoxy groups -OCH3 is 1. The summed E-state index contributed by atoms with van der Waals surface area (Å²) in [6, 6.07) is 30.1. The average Bonchev–Trinajstić information content (AvgIpc) is 3.87. The Hall–Kier alpha value is -4.17. The maximum absolute atomic E-state index is 14.1. The molecule has 3 aromatic carbocycles. The number of carbonyl (C=O) groups is 3. The summed E-state index contributed by atoms with van der Waals surface area (Å²) in [5, 5.41) is 0. The first kappa shape index (κ1) is 30.3. The summed E-state index contributed by atoms with van der Waals surface area (Å²) in [7, 11) is 2.99. The maximum Gasteiger partial charge on any atom is 0.328 e. The summed E-state index contributed by atoms with van der Waals surface area (Å²) in [5.74, 6) is -0.430. The molecule has 3 unspecified atom stereocenters. The van der Waals surface area contributed by atoms with E-state index in [0.29, 0.717) is 39.1 Å². The van der Waals surface area contributed by atoms with Crippen molar-refractivity contribution < 1.29 is 19.1 Å². The Morgan fingerprint density at radius 1 is 0.767 bits per heavy atom. The molecule has 3 atom stereocenters. The smallest absolute Gasteiger partial charge is 0.328 e. The molecule has 2 aliphatic rings. The zero-order valence-corrected chi connectivity index (χ0v) is 25.6. The van der Waals surface area contributed by atoms with E-state index in [2.05, 4.69) is 77.7 Å². The van der Waals surface area contributed by atoms with Crippen molar-refractivity contribution in [2.75, 3.05) is 46.9 Å². The number of benzene rings is 3. The number of amides is 3. The fourth-order valence-corrected chi connectivity index (χ4v) is 6.64. The van der Waals surface area contributed by atoms with E-state index in [9.17, 15) is 14.4 Å². The predicted octanol–water partition coefficient (Wildman–Crippen LogP) is 4.45. The fourth-order valence-electron chi connectivity index (χ4n) is 6.64. The first-order chi connectivity index (χ1) is 20.8. The lowest BCUT2D eigenvalue weighted by Crippen LogP contribution is -2.52. The summed E-state index contributed by atoms with van der Waals surface area (Å²) < 4.78 is 4.96. The molecule has 0 aromatic heterocycles. The van der Waals surface area contributed by atoms with Crippen molar-refractivity contribution in [3.63, 3.8) is 0 Å². The Morgan fingerprint density at radius 3 is 1.70 bits per heavy atom. The number of esters is 1. The Balaban J connectivity index is 1.37. The van der Waals surface area contributed by atoms with Crippen molar-refractivity contribution in [1.29, 1.82) is 0 Å². The minimum atomic E-state index is -0.666. The standard InChI is InChI=1S/C35H42N4O4/c1-26(2)31(33(41)43-4)36(3)34(42)38-22-14-21-37(23-24-38)32(40)30-25-39(30)35(27-15-8-5-9-16-27,28-17-10-6-11-18-28)29-19-12-7-13-20-29/h5-13,15-20,26,30-31H,14,21-25H2,1-4H3. The fraction of sp³-hybridized carbons (Fsp3) is 0.400. The van der Waals surface area contributed by atoms with Gasteiger partial charge in [0.15, 0.2) is 0 Å². The molecule has 2 saturated heterocycles. The van der Waals surface area contributed by atoms with Crippen LogP contribution in [0, 0.1) is 5.92 Å². The van der Waals surface area contributed by atoms with Crippen molar-refractivity contribution >= 4 is 17.9 Å². The maximum atomic E-state index is 14.1. The van der Waals surface area contributed by atoms with Gasteiger partial charge in [0.25, 0.3) is 0 Å². The summed E-state index contributed by atoms with van der Waals surface area (Å²) in [6.07, 6.45) is 0.670. The van der Waals surface area contributed by atoms with Gasteiger partial charge >= 0.3 is 12.0 Å². The van der Waals surface area contributed by atoms with E-state index in [1.54, 1.807) is 11.9 Å². The second kappa shape index (κ2) is 13.0. The minimum absolute atomic E-state index is 0.0874. The highest BCUT2D eigenvalue weighted by molar-refractivity contribution is 5.86. The third-order valence-electron chi connectivity index (χ3n) is 8.77. The highest BCUT2D eigenvalue weighted by atomic mass is 16.5. The van der Waals surface area contributed by atoms with E-state index in [1.165, 1.54) is 12.0 Å². The van der Waals surface area contributed by atoms with E-state index in [4.69, 9.17) is 4.74 Å². The van der Waals surface area contributed by atoms with E-state index in [1.807, 2.05) is 36.9 Å². The number of urea groups is 1. The molecule has 5 rings (SSSR count). The molecule has 0 N–H and O–H groups in total. The zero-order chi connectivity index (χ0) is 30.6. The second-order valence-corrected chi connectivity index (χ2v) is 11.7. The van der Waals surface area contributed by atoms with Gasteiger partial charge in [0.2, 0.25) is 5.91 Å². The minimum Gasteiger partial charge on any atom is -0.467 e. The molecule has 0 bridgehead atoms. The first-order valence-electron chi connectivity index (χ1n) is 15.1. The van der Waals surface area contributed by atoms with Crippen LogP contribution in [0.3, 0.4) is 0 Å². The molecule has 0 aliphatic carbocycles. The molecule has 2 fully saturated rings. The monoisotopic (exact) mass is 582 g/mol. The van der Waals surface area contributed by atoms with Gasteiger partial charge in [-0.25, -0.2) is 9.59 Å². The van der Waals surface area contributed by atoms with Crippen LogP contribution in [0.4, 0.5) is 4.79 Å².